The largest absolute Gasteiger partial charge is 0.379 e. The summed E-state index contributed by atoms with van der Waals surface area (Å²) in [5.74, 6) is -2.36. The number of nitrogens with one attached hydrogen (secondary N) is 1. The number of hydrogen-bond acceptors (Lipinski definition) is 5. The zero-order chi connectivity index (χ0) is 12.1. The first-order valence-corrected chi connectivity index (χ1v) is 5.42. The summed E-state index contributed by atoms with van der Waals surface area (Å²) in [5.41, 5.74) is 4.72. The van der Waals surface area contributed by atoms with Gasteiger partial charge in [-0.3, -0.25) is 19.5 Å². The number of aliphatic hydroxyl groups is 1. The number of nitrogens with two attached hydrogens (primary N) is 1. The van der Waals surface area contributed by atoms with Crippen LogP contribution in [0.5, 0.6) is 0 Å². The molecule has 2 amide bonds. The van der Waals surface area contributed by atoms with E-state index in [1.54, 1.807) is 0 Å². The Kier molecular flexibility index (Phi) is 5.34. The predicted molar refractivity (Wildman–Crippen MR) is 49.4 cm³/mol. The molecule has 1 aliphatic rings. The van der Waals surface area contributed by atoms with Gasteiger partial charge in [-0.25, -0.2) is 0 Å². The van der Waals surface area contributed by atoms with Gasteiger partial charge >= 0.3 is 7.60 Å². The summed E-state index contributed by atoms with van der Waals surface area (Å²) in [6.07, 6.45) is 2.39. The smallest absolute Gasteiger partial charge is 0.355 e. The molecule has 8 nitrogen and oxygen atoms in total. The molecule has 6 N–H and O–H groups in total. The van der Waals surface area contributed by atoms with Crippen LogP contribution in [0.4, 0.5) is 0 Å². The maximum absolute atomic E-state index is 10.0. The van der Waals surface area contributed by atoms with Crippen LogP contribution in [0.3, 0.4) is 0 Å². The lowest BCUT2D eigenvalue weighted by molar-refractivity contribution is -0.123. The van der Waals surface area contributed by atoms with Crippen molar-refractivity contribution < 1.29 is 29.0 Å². The molecule has 0 fully saturated rings. The summed E-state index contributed by atoms with van der Waals surface area (Å²) < 4.78 is 9.93. The minimum Gasteiger partial charge on any atom is -0.379 e. The van der Waals surface area contributed by atoms with Gasteiger partial charge in [0.2, 0.25) is 0 Å². The van der Waals surface area contributed by atoms with Crippen molar-refractivity contribution in [3.63, 3.8) is 0 Å². The Balaban J connectivity index is 0.000000262. The molecule has 0 saturated carbocycles. The second kappa shape index (κ2) is 5.74. The van der Waals surface area contributed by atoms with Gasteiger partial charge in [-0.15, -0.1) is 0 Å². The molecule has 0 spiro atoms. The summed E-state index contributed by atoms with van der Waals surface area (Å²) in [6.45, 7) is -0.412. The van der Waals surface area contributed by atoms with Crippen molar-refractivity contribution in [2.24, 2.45) is 5.73 Å². The number of carbonyl (C=O) groups excluding carboxylic acids is 2. The highest BCUT2D eigenvalue weighted by atomic mass is 31.2. The first-order chi connectivity index (χ1) is 6.77. The van der Waals surface area contributed by atoms with E-state index in [4.69, 9.17) is 20.6 Å². The van der Waals surface area contributed by atoms with Crippen molar-refractivity contribution in [2.75, 3.05) is 6.54 Å². The maximum atomic E-state index is 10.0. The molecule has 0 aromatic heterocycles. The van der Waals surface area contributed by atoms with Gasteiger partial charge in [-0.1, -0.05) is 0 Å². The number of imide groups is 1. The Morgan fingerprint density at radius 1 is 1.33 bits per heavy atom. The molecule has 1 rings (SSSR count). The van der Waals surface area contributed by atoms with E-state index in [1.165, 1.54) is 12.2 Å². The van der Waals surface area contributed by atoms with Gasteiger partial charge in [0.15, 0.2) is 5.85 Å². The third kappa shape index (κ3) is 6.10. The Bertz CT molecular complexity index is 306. The zero-order valence-electron chi connectivity index (χ0n) is 7.53. The quantitative estimate of drug-likeness (QED) is 0.266. The monoisotopic (exact) mass is 238 g/mol. The number of hydrogen-bond donors (Lipinski definition) is 5. The molecule has 0 aromatic rings. The average Bonchev–Trinajstić information content (AvgIpc) is 2.48. The molecule has 86 valence electrons. The van der Waals surface area contributed by atoms with E-state index < -0.39 is 20.0 Å². The van der Waals surface area contributed by atoms with Crippen LogP contribution in [0, 0.1) is 0 Å². The lowest BCUT2D eigenvalue weighted by Gasteiger charge is -2.07. The molecule has 0 saturated heterocycles. The van der Waals surface area contributed by atoms with E-state index in [-0.39, 0.29) is 11.8 Å². The fourth-order valence-corrected chi connectivity index (χ4v) is 0.768. The Hall–Kier alpha value is -1.05. The van der Waals surface area contributed by atoms with E-state index in [0.29, 0.717) is 0 Å². The van der Waals surface area contributed by atoms with E-state index in [0.717, 1.165) is 0 Å². The number of amides is 2. The molecule has 1 unspecified atom stereocenters. The molecule has 15 heavy (non-hydrogen) atoms. The van der Waals surface area contributed by atoms with Crippen LogP contribution in [0.2, 0.25) is 0 Å². The first-order valence-electron chi connectivity index (χ1n) is 3.73. The lowest BCUT2D eigenvalue weighted by Crippen LogP contribution is -2.19. The van der Waals surface area contributed by atoms with Gasteiger partial charge in [-0.05, 0) is 0 Å². The third-order valence-corrected chi connectivity index (χ3v) is 2.22. The van der Waals surface area contributed by atoms with Crippen molar-refractivity contribution in [3.8, 4) is 0 Å². The number of carbonyl (C=O) groups is 2. The Labute approximate surface area is 84.9 Å². The maximum Gasteiger partial charge on any atom is 0.355 e. The molecule has 0 aromatic carbocycles. The van der Waals surface area contributed by atoms with Gasteiger partial charge < -0.3 is 20.6 Å². The van der Waals surface area contributed by atoms with Crippen LogP contribution in [0.15, 0.2) is 12.2 Å². The van der Waals surface area contributed by atoms with E-state index in [2.05, 4.69) is 0 Å². The van der Waals surface area contributed by atoms with Crippen molar-refractivity contribution in [2.45, 2.75) is 5.85 Å². The summed E-state index contributed by atoms with van der Waals surface area (Å²) >= 11 is 0. The molecular weight excluding hydrogens is 227 g/mol. The van der Waals surface area contributed by atoms with E-state index in [1.807, 2.05) is 5.32 Å². The molecular formula is C6H11N2O6P. The van der Waals surface area contributed by atoms with Gasteiger partial charge in [0, 0.05) is 18.7 Å². The average molecular weight is 238 g/mol. The number of rotatable bonds is 2. The van der Waals surface area contributed by atoms with Crippen LogP contribution in [-0.2, 0) is 14.2 Å². The Morgan fingerprint density at radius 2 is 1.73 bits per heavy atom. The minimum atomic E-state index is -4.33. The van der Waals surface area contributed by atoms with Crippen molar-refractivity contribution in [1.29, 1.82) is 0 Å². The van der Waals surface area contributed by atoms with Gasteiger partial charge in [0.05, 0.1) is 0 Å². The second-order valence-electron chi connectivity index (χ2n) is 2.49. The SMILES string of the molecule is NCC(O)P(=O)(O)O.O=C1C=CC(=O)N1. The Morgan fingerprint density at radius 3 is 1.80 bits per heavy atom. The fourth-order valence-electron chi connectivity index (χ4n) is 0.493. The molecule has 0 aliphatic carbocycles. The van der Waals surface area contributed by atoms with Crippen molar-refractivity contribution >= 4 is 19.4 Å². The molecule has 1 heterocycles. The first kappa shape index (κ1) is 13.9. The topological polar surface area (TPSA) is 150 Å². The van der Waals surface area contributed by atoms with E-state index in [9.17, 15) is 14.2 Å². The van der Waals surface area contributed by atoms with Crippen LogP contribution in [-0.4, -0.2) is 39.1 Å². The van der Waals surface area contributed by atoms with Gasteiger partial charge in [-0.2, -0.15) is 0 Å². The molecule has 0 bridgehead atoms. The standard InChI is InChI=1S/C4H3NO2.C2H8NO4P/c6-3-1-2-4(7)5-3;3-1-2(4)8(5,6)7/h1-2H,(H,5,6,7);2,4H,1,3H2,(H2,5,6,7). The molecule has 1 atom stereocenters. The van der Waals surface area contributed by atoms with E-state index >= 15 is 0 Å². The fraction of sp³-hybridized carbons (Fsp3) is 0.333. The third-order valence-electron chi connectivity index (χ3n) is 1.23. The molecule has 0 radical (unpaired) electrons. The summed E-state index contributed by atoms with van der Waals surface area (Å²) in [5, 5.41) is 10.3. The van der Waals surface area contributed by atoms with Crippen molar-refractivity contribution in [3.05, 3.63) is 12.2 Å². The summed E-state index contributed by atoms with van der Waals surface area (Å²) in [7, 11) is -4.33. The van der Waals surface area contributed by atoms with Crippen molar-refractivity contribution in [1.82, 2.24) is 5.32 Å². The minimum absolute atomic E-state index is 0.329. The van der Waals surface area contributed by atoms with Crippen LogP contribution >= 0.6 is 7.60 Å². The summed E-state index contributed by atoms with van der Waals surface area (Å²) in [4.78, 5) is 36.2. The molecule has 9 heteroatoms. The second-order valence-corrected chi connectivity index (χ2v) is 4.27. The van der Waals surface area contributed by atoms with Gasteiger partial charge in [0.1, 0.15) is 0 Å². The number of aliphatic hydroxyl groups excluding tert-OH is 1. The lowest BCUT2D eigenvalue weighted by atomic mass is 10.6. The highest BCUT2D eigenvalue weighted by Gasteiger charge is 2.23. The van der Waals surface area contributed by atoms with Crippen LogP contribution in [0.1, 0.15) is 0 Å². The van der Waals surface area contributed by atoms with Crippen LogP contribution < -0.4 is 11.1 Å². The highest BCUT2D eigenvalue weighted by Crippen LogP contribution is 2.38. The normalized spacial score (nSPS) is 16.8. The zero-order valence-corrected chi connectivity index (χ0v) is 8.42. The summed E-state index contributed by atoms with van der Waals surface area (Å²) in [6, 6.07) is 0. The highest BCUT2D eigenvalue weighted by molar-refractivity contribution is 7.52. The van der Waals surface area contributed by atoms with Gasteiger partial charge in [0.25, 0.3) is 11.8 Å². The predicted octanol–water partition coefficient (Wildman–Crippen LogP) is -2.36. The van der Waals surface area contributed by atoms with Crippen LogP contribution in [0.25, 0.3) is 0 Å². The molecule has 1 aliphatic heterocycles.